The monoisotopic (exact) mass is 204 g/mol. The van der Waals surface area contributed by atoms with Crippen molar-refractivity contribution in [2.24, 2.45) is 0 Å². The highest BCUT2D eigenvalue weighted by Gasteiger charge is 2.02. The van der Waals surface area contributed by atoms with Crippen LogP contribution in [0.1, 0.15) is 16.1 Å². The van der Waals surface area contributed by atoms with Gasteiger partial charge in [-0.2, -0.15) is 0 Å². The standard InChI is InChI=1S/C11H9FN2O/c1-8-5-14(7-13-8)11-3-9(6-15)2-10(12)4-11/h2-7H,1H3. The lowest BCUT2D eigenvalue weighted by Gasteiger charge is -2.02. The summed E-state index contributed by atoms with van der Waals surface area (Å²) in [7, 11) is 0. The van der Waals surface area contributed by atoms with Gasteiger partial charge in [0.1, 0.15) is 12.1 Å². The van der Waals surface area contributed by atoms with Crippen molar-refractivity contribution in [1.82, 2.24) is 9.55 Å². The number of imidazole rings is 1. The zero-order chi connectivity index (χ0) is 10.8. The van der Waals surface area contributed by atoms with Crippen LogP contribution in [0.15, 0.2) is 30.7 Å². The van der Waals surface area contributed by atoms with E-state index in [2.05, 4.69) is 4.98 Å². The first-order valence-corrected chi connectivity index (χ1v) is 4.46. The van der Waals surface area contributed by atoms with Crippen LogP contribution in [0.3, 0.4) is 0 Å². The molecule has 3 nitrogen and oxygen atoms in total. The molecule has 0 N–H and O–H groups in total. The number of carbonyl (C=O) groups is 1. The fraction of sp³-hybridized carbons (Fsp3) is 0.0909. The molecule has 0 atom stereocenters. The Morgan fingerprint density at radius 1 is 1.40 bits per heavy atom. The zero-order valence-corrected chi connectivity index (χ0v) is 8.14. The average Bonchev–Trinajstić information content (AvgIpc) is 2.64. The van der Waals surface area contributed by atoms with Crippen LogP contribution >= 0.6 is 0 Å². The van der Waals surface area contributed by atoms with E-state index in [0.717, 1.165) is 5.69 Å². The molecule has 0 amide bonds. The van der Waals surface area contributed by atoms with Crippen molar-refractivity contribution in [1.29, 1.82) is 0 Å². The molecule has 15 heavy (non-hydrogen) atoms. The summed E-state index contributed by atoms with van der Waals surface area (Å²) in [6.07, 6.45) is 3.97. The van der Waals surface area contributed by atoms with Crippen molar-refractivity contribution in [3.63, 3.8) is 0 Å². The molecular weight excluding hydrogens is 195 g/mol. The fourth-order valence-electron chi connectivity index (χ4n) is 1.38. The van der Waals surface area contributed by atoms with E-state index in [-0.39, 0.29) is 0 Å². The minimum atomic E-state index is -0.430. The predicted octanol–water partition coefficient (Wildman–Crippen LogP) is 2.13. The summed E-state index contributed by atoms with van der Waals surface area (Å²) in [5.74, 6) is -0.430. The molecule has 0 unspecified atom stereocenters. The van der Waals surface area contributed by atoms with Gasteiger partial charge in [0.2, 0.25) is 0 Å². The molecule has 2 rings (SSSR count). The topological polar surface area (TPSA) is 34.9 Å². The Kier molecular flexibility index (Phi) is 2.33. The van der Waals surface area contributed by atoms with Crippen LogP contribution in [0.25, 0.3) is 5.69 Å². The number of halogens is 1. The van der Waals surface area contributed by atoms with Gasteiger partial charge in [-0.1, -0.05) is 0 Å². The Morgan fingerprint density at radius 2 is 2.20 bits per heavy atom. The first-order valence-electron chi connectivity index (χ1n) is 4.46. The molecule has 4 heteroatoms. The van der Waals surface area contributed by atoms with E-state index in [4.69, 9.17) is 0 Å². The van der Waals surface area contributed by atoms with E-state index in [0.29, 0.717) is 17.5 Å². The third-order valence-electron chi connectivity index (χ3n) is 2.05. The molecule has 0 saturated carbocycles. The maximum atomic E-state index is 13.1. The zero-order valence-electron chi connectivity index (χ0n) is 8.14. The highest BCUT2D eigenvalue weighted by atomic mass is 19.1. The van der Waals surface area contributed by atoms with E-state index in [1.807, 2.05) is 6.92 Å². The van der Waals surface area contributed by atoms with E-state index in [1.165, 1.54) is 12.1 Å². The number of rotatable bonds is 2. The third-order valence-corrected chi connectivity index (χ3v) is 2.05. The van der Waals surface area contributed by atoms with Gasteiger partial charge in [-0.15, -0.1) is 0 Å². The number of aryl methyl sites for hydroxylation is 1. The van der Waals surface area contributed by atoms with Gasteiger partial charge >= 0.3 is 0 Å². The molecule has 76 valence electrons. The maximum absolute atomic E-state index is 13.1. The van der Waals surface area contributed by atoms with Crippen molar-refractivity contribution in [2.45, 2.75) is 6.92 Å². The largest absolute Gasteiger partial charge is 0.306 e. The number of benzene rings is 1. The molecule has 0 fully saturated rings. The van der Waals surface area contributed by atoms with Gasteiger partial charge in [0.05, 0.1) is 17.7 Å². The molecule has 0 bridgehead atoms. The fourth-order valence-corrected chi connectivity index (χ4v) is 1.38. The van der Waals surface area contributed by atoms with Crippen molar-refractivity contribution >= 4 is 6.29 Å². The van der Waals surface area contributed by atoms with E-state index < -0.39 is 5.82 Å². The minimum absolute atomic E-state index is 0.316. The summed E-state index contributed by atoms with van der Waals surface area (Å²) >= 11 is 0. The van der Waals surface area contributed by atoms with Crippen LogP contribution in [0.4, 0.5) is 4.39 Å². The lowest BCUT2D eigenvalue weighted by Crippen LogP contribution is -1.93. The second-order valence-corrected chi connectivity index (χ2v) is 3.28. The predicted molar refractivity (Wildman–Crippen MR) is 53.6 cm³/mol. The normalized spacial score (nSPS) is 10.3. The Hall–Kier alpha value is -1.97. The number of aldehydes is 1. The Labute approximate surface area is 86.2 Å². The summed E-state index contributed by atoms with van der Waals surface area (Å²) < 4.78 is 14.8. The Bertz CT molecular complexity index is 505. The highest BCUT2D eigenvalue weighted by Crippen LogP contribution is 2.12. The molecule has 2 aromatic rings. The molecule has 0 radical (unpaired) electrons. The molecule has 1 aromatic carbocycles. The summed E-state index contributed by atoms with van der Waals surface area (Å²) in [4.78, 5) is 14.6. The molecule has 1 heterocycles. The summed E-state index contributed by atoms with van der Waals surface area (Å²) in [5, 5.41) is 0. The lowest BCUT2D eigenvalue weighted by molar-refractivity contribution is 0.112. The van der Waals surface area contributed by atoms with Crippen molar-refractivity contribution in [2.75, 3.05) is 0 Å². The van der Waals surface area contributed by atoms with Gasteiger partial charge in [0.25, 0.3) is 0 Å². The number of nitrogens with zero attached hydrogens (tertiary/aromatic N) is 2. The van der Waals surface area contributed by atoms with Crippen LogP contribution in [0, 0.1) is 12.7 Å². The van der Waals surface area contributed by atoms with E-state index in [9.17, 15) is 9.18 Å². The minimum Gasteiger partial charge on any atom is -0.306 e. The van der Waals surface area contributed by atoms with Gasteiger partial charge < -0.3 is 4.57 Å². The summed E-state index contributed by atoms with van der Waals surface area (Å²) in [5.41, 5.74) is 1.75. The molecular formula is C11H9FN2O. The maximum Gasteiger partial charge on any atom is 0.150 e. The lowest BCUT2D eigenvalue weighted by atomic mass is 10.2. The first kappa shape index (κ1) is 9.58. The van der Waals surface area contributed by atoms with Crippen molar-refractivity contribution in [3.05, 3.63) is 47.8 Å². The van der Waals surface area contributed by atoms with Gasteiger partial charge in [0, 0.05) is 11.8 Å². The molecule has 0 spiro atoms. The highest BCUT2D eigenvalue weighted by molar-refractivity contribution is 5.75. The summed E-state index contributed by atoms with van der Waals surface area (Å²) in [6.45, 7) is 1.84. The van der Waals surface area contributed by atoms with Crippen molar-refractivity contribution in [3.8, 4) is 5.69 Å². The first-order chi connectivity index (χ1) is 7.19. The Balaban J connectivity index is 2.52. The quantitative estimate of drug-likeness (QED) is 0.702. The van der Waals surface area contributed by atoms with E-state index >= 15 is 0 Å². The molecule has 1 aromatic heterocycles. The second kappa shape index (κ2) is 3.65. The van der Waals surface area contributed by atoms with Gasteiger partial charge in [-0.05, 0) is 25.1 Å². The SMILES string of the molecule is Cc1cn(-c2cc(F)cc(C=O)c2)cn1. The van der Waals surface area contributed by atoms with Gasteiger partial charge in [-0.3, -0.25) is 4.79 Å². The van der Waals surface area contributed by atoms with Crippen LogP contribution in [-0.2, 0) is 0 Å². The van der Waals surface area contributed by atoms with Crippen molar-refractivity contribution < 1.29 is 9.18 Å². The Morgan fingerprint density at radius 3 is 2.80 bits per heavy atom. The number of hydrogen-bond acceptors (Lipinski definition) is 2. The third kappa shape index (κ3) is 1.93. The molecule has 0 aliphatic carbocycles. The smallest absolute Gasteiger partial charge is 0.150 e. The number of hydrogen-bond donors (Lipinski definition) is 0. The van der Waals surface area contributed by atoms with Gasteiger partial charge in [0.15, 0.2) is 0 Å². The number of aromatic nitrogens is 2. The summed E-state index contributed by atoms with van der Waals surface area (Å²) in [6, 6.07) is 4.16. The molecule has 0 aliphatic rings. The molecule has 0 aliphatic heterocycles. The number of carbonyl (C=O) groups excluding carboxylic acids is 1. The molecule has 0 saturated heterocycles. The van der Waals surface area contributed by atoms with Crippen LogP contribution in [0.5, 0.6) is 0 Å². The van der Waals surface area contributed by atoms with Crippen LogP contribution in [-0.4, -0.2) is 15.8 Å². The van der Waals surface area contributed by atoms with Gasteiger partial charge in [-0.25, -0.2) is 9.37 Å². The average molecular weight is 204 g/mol. The second-order valence-electron chi connectivity index (χ2n) is 3.28. The van der Waals surface area contributed by atoms with Crippen LogP contribution < -0.4 is 0 Å². The van der Waals surface area contributed by atoms with E-state index in [1.54, 1.807) is 23.2 Å². The van der Waals surface area contributed by atoms with Crippen LogP contribution in [0.2, 0.25) is 0 Å².